The summed E-state index contributed by atoms with van der Waals surface area (Å²) in [6.45, 7) is 4.63. The molecule has 5 aromatic rings. The van der Waals surface area contributed by atoms with Gasteiger partial charge in [-0.1, -0.05) is 41.7 Å². The van der Waals surface area contributed by atoms with Crippen molar-refractivity contribution in [3.63, 3.8) is 0 Å². The number of para-hydroxylation sites is 1. The minimum atomic E-state index is -3.75. The molecule has 38 heavy (non-hydrogen) atoms. The fourth-order valence-electron chi connectivity index (χ4n) is 4.76. The molecule has 3 aromatic carbocycles. The number of hydrogen-bond donors (Lipinski definition) is 0. The van der Waals surface area contributed by atoms with Gasteiger partial charge in [-0.15, -0.1) is 0 Å². The van der Waals surface area contributed by atoms with Gasteiger partial charge < -0.3 is 4.42 Å². The van der Waals surface area contributed by atoms with Crippen molar-refractivity contribution >= 4 is 48.3 Å². The molecule has 0 aliphatic carbocycles. The van der Waals surface area contributed by atoms with Crippen LogP contribution in [0.15, 0.2) is 88.4 Å². The molecule has 9 heteroatoms. The van der Waals surface area contributed by atoms with Crippen molar-refractivity contribution in [1.29, 1.82) is 0 Å². The van der Waals surface area contributed by atoms with Gasteiger partial charge in [0.25, 0.3) is 15.9 Å². The summed E-state index contributed by atoms with van der Waals surface area (Å²) in [5, 5.41) is 0.559. The number of nitrogens with zero attached hydrogens (tertiary/aromatic N) is 3. The number of benzene rings is 3. The van der Waals surface area contributed by atoms with E-state index in [1.54, 1.807) is 29.4 Å². The van der Waals surface area contributed by atoms with E-state index in [2.05, 4.69) is 6.07 Å². The Balaban J connectivity index is 1.34. The van der Waals surface area contributed by atoms with Crippen LogP contribution in [0.25, 0.3) is 10.2 Å². The topological polar surface area (TPSA) is 83.7 Å². The predicted octanol–water partition coefficient (Wildman–Crippen LogP) is 6.10. The van der Waals surface area contributed by atoms with Gasteiger partial charge in [-0.2, -0.15) is 0 Å². The van der Waals surface area contributed by atoms with Gasteiger partial charge in [0.15, 0.2) is 5.13 Å². The van der Waals surface area contributed by atoms with E-state index in [4.69, 9.17) is 9.40 Å². The van der Waals surface area contributed by atoms with E-state index in [1.165, 1.54) is 27.8 Å². The van der Waals surface area contributed by atoms with Gasteiger partial charge in [0.1, 0.15) is 5.76 Å². The van der Waals surface area contributed by atoms with Crippen LogP contribution in [-0.4, -0.2) is 25.9 Å². The fourth-order valence-corrected chi connectivity index (χ4v) is 7.37. The van der Waals surface area contributed by atoms with E-state index in [9.17, 15) is 13.2 Å². The number of carbonyl (C=O) groups is 1. The third-order valence-corrected chi connectivity index (χ3v) is 9.88. The van der Waals surface area contributed by atoms with Crippen LogP contribution in [0.2, 0.25) is 0 Å². The first-order valence-electron chi connectivity index (χ1n) is 12.2. The summed E-state index contributed by atoms with van der Waals surface area (Å²) >= 11 is 1.46. The lowest BCUT2D eigenvalue weighted by Crippen LogP contribution is -2.31. The Labute approximate surface area is 225 Å². The molecule has 0 saturated heterocycles. The van der Waals surface area contributed by atoms with Gasteiger partial charge in [-0.3, -0.25) is 14.0 Å². The van der Waals surface area contributed by atoms with Gasteiger partial charge in [0, 0.05) is 12.1 Å². The molecule has 3 heterocycles. The van der Waals surface area contributed by atoms with Crippen LogP contribution < -0.4 is 9.21 Å². The van der Waals surface area contributed by atoms with Crippen LogP contribution in [0.1, 0.15) is 32.8 Å². The molecule has 0 fully saturated rings. The summed E-state index contributed by atoms with van der Waals surface area (Å²) in [7, 11) is -3.75. The number of aryl methyl sites for hydroxylation is 2. The van der Waals surface area contributed by atoms with Crippen molar-refractivity contribution in [2.24, 2.45) is 0 Å². The van der Waals surface area contributed by atoms with Crippen molar-refractivity contribution in [3.05, 3.63) is 107 Å². The number of anilines is 2. The Morgan fingerprint density at radius 2 is 1.76 bits per heavy atom. The van der Waals surface area contributed by atoms with Crippen molar-refractivity contribution in [1.82, 2.24) is 4.98 Å². The van der Waals surface area contributed by atoms with Gasteiger partial charge in [0.2, 0.25) is 0 Å². The highest BCUT2D eigenvalue weighted by atomic mass is 32.2. The molecule has 0 radical (unpaired) electrons. The highest BCUT2D eigenvalue weighted by Crippen LogP contribution is 2.35. The molecule has 0 N–H and O–H groups in total. The number of aromatic nitrogens is 1. The molecule has 2 aromatic heterocycles. The minimum Gasteiger partial charge on any atom is -0.467 e. The zero-order valence-corrected chi connectivity index (χ0v) is 22.6. The fraction of sp³-hybridized carbons (Fsp3) is 0.172. The Hall–Kier alpha value is -3.95. The molecule has 0 spiro atoms. The molecule has 6 rings (SSSR count). The Morgan fingerprint density at radius 1 is 1.00 bits per heavy atom. The van der Waals surface area contributed by atoms with E-state index in [0.29, 0.717) is 35.1 Å². The number of rotatable bonds is 6. The quantitative estimate of drug-likeness (QED) is 0.258. The Kier molecular flexibility index (Phi) is 6.04. The van der Waals surface area contributed by atoms with E-state index in [1.807, 2.05) is 50.2 Å². The van der Waals surface area contributed by atoms with E-state index in [0.717, 1.165) is 26.9 Å². The molecule has 1 aliphatic rings. The minimum absolute atomic E-state index is 0.148. The summed E-state index contributed by atoms with van der Waals surface area (Å²) in [4.78, 5) is 20.3. The Morgan fingerprint density at radius 3 is 2.50 bits per heavy atom. The van der Waals surface area contributed by atoms with Crippen molar-refractivity contribution in [2.75, 3.05) is 15.7 Å². The molecule has 192 valence electrons. The standard InChI is InChI=1S/C29H25N3O4S2/c1-19-9-10-20(2)27-26(19)30-29(37-27)31(18-23-7-5-17-36-23)28(33)22-11-13-24(14-12-22)38(34,35)32-16-15-21-6-3-4-8-25(21)32/h3-14,17H,15-16,18H2,1-2H3. The predicted molar refractivity (Wildman–Crippen MR) is 149 cm³/mol. The van der Waals surface area contributed by atoms with Crippen LogP contribution in [-0.2, 0) is 23.0 Å². The van der Waals surface area contributed by atoms with Gasteiger partial charge in [0.05, 0.1) is 33.6 Å². The van der Waals surface area contributed by atoms with Crippen LogP contribution in [0, 0.1) is 13.8 Å². The maximum absolute atomic E-state index is 13.8. The smallest absolute Gasteiger partial charge is 0.264 e. The lowest BCUT2D eigenvalue weighted by molar-refractivity contribution is 0.0983. The number of furan rings is 1. The number of fused-ring (bicyclic) bond motifs is 2. The average molecular weight is 544 g/mol. The van der Waals surface area contributed by atoms with Crippen molar-refractivity contribution in [3.8, 4) is 0 Å². The zero-order chi connectivity index (χ0) is 26.4. The molecule has 0 atom stereocenters. The lowest BCUT2D eigenvalue weighted by Gasteiger charge is -2.21. The number of hydrogen-bond acceptors (Lipinski definition) is 6. The van der Waals surface area contributed by atoms with E-state index < -0.39 is 10.0 Å². The molecular formula is C29H25N3O4S2. The second-order valence-electron chi connectivity index (χ2n) is 9.32. The summed E-state index contributed by atoms with van der Waals surface area (Å²) in [6.07, 6.45) is 2.25. The number of thiazole rings is 1. The number of carbonyl (C=O) groups excluding carboxylic acids is 1. The normalized spacial score (nSPS) is 13.2. The number of sulfonamides is 1. The van der Waals surface area contributed by atoms with E-state index in [-0.39, 0.29) is 17.3 Å². The zero-order valence-electron chi connectivity index (χ0n) is 20.9. The molecule has 1 aliphatic heterocycles. The first kappa shape index (κ1) is 24.4. The van der Waals surface area contributed by atoms with Crippen LogP contribution >= 0.6 is 11.3 Å². The first-order valence-corrected chi connectivity index (χ1v) is 14.5. The van der Waals surface area contributed by atoms with Crippen molar-refractivity contribution in [2.45, 2.75) is 31.7 Å². The first-order chi connectivity index (χ1) is 18.3. The van der Waals surface area contributed by atoms with Crippen molar-refractivity contribution < 1.29 is 17.6 Å². The largest absolute Gasteiger partial charge is 0.467 e. The molecule has 7 nitrogen and oxygen atoms in total. The maximum Gasteiger partial charge on any atom is 0.264 e. The average Bonchev–Trinajstić information content (AvgIpc) is 3.69. The molecule has 1 amide bonds. The summed E-state index contributed by atoms with van der Waals surface area (Å²) in [5.74, 6) is 0.337. The molecule has 0 bridgehead atoms. The summed E-state index contributed by atoms with van der Waals surface area (Å²) < 4.78 is 34.8. The SMILES string of the molecule is Cc1ccc(C)c2sc(N(Cc3ccco3)C(=O)c3ccc(S(=O)(=O)N4CCc5ccccc54)cc3)nc12. The molecule has 0 unspecified atom stereocenters. The van der Waals surface area contributed by atoms with E-state index >= 15 is 0 Å². The third-order valence-electron chi connectivity index (χ3n) is 6.83. The van der Waals surface area contributed by atoms with Crippen LogP contribution in [0.3, 0.4) is 0 Å². The van der Waals surface area contributed by atoms with Gasteiger partial charge in [-0.05, 0) is 79.4 Å². The summed E-state index contributed by atoms with van der Waals surface area (Å²) in [5.41, 5.74) is 5.09. The molecule has 0 saturated carbocycles. The Bertz CT molecular complexity index is 1720. The third kappa shape index (κ3) is 4.17. The second-order valence-corrected chi connectivity index (χ2v) is 12.2. The van der Waals surface area contributed by atoms with Gasteiger partial charge >= 0.3 is 0 Å². The number of amides is 1. The highest BCUT2D eigenvalue weighted by molar-refractivity contribution is 7.92. The highest BCUT2D eigenvalue weighted by Gasteiger charge is 2.31. The maximum atomic E-state index is 13.8. The van der Waals surface area contributed by atoms with Crippen LogP contribution in [0.5, 0.6) is 0 Å². The monoisotopic (exact) mass is 543 g/mol. The van der Waals surface area contributed by atoms with Crippen LogP contribution in [0.4, 0.5) is 10.8 Å². The molecular weight excluding hydrogens is 518 g/mol. The second kappa shape index (κ2) is 9.41. The van der Waals surface area contributed by atoms with Gasteiger partial charge in [-0.25, -0.2) is 13.4 Å². The summed E-state index contributed by atoms with van der Waals surface area (Å²) in [6, 6.07) is 21.3. The lowest BCUT2D eigenvalue weighted by atomic mass is 10.1.